The molecule has 7 heteroatoms. The molecule has 1 amide bonds. The van der Waals surface area contributed by atoms with Gasteiger partial charge in [-0.1, -0.05) is 30.3 Å². The van der Waals surface area contributed by atoms with Crippen LogP contribution in [0.1, 0.15) is 23.0 Å². The minimum atomic E-state index is -0.187. The van der Waals surface area contributed by atoms with Crippen LogP contribution in [0.5, 0.6) is 0 Å². The smallest absolute Gasteiger partial charge is 0.271 e. The summed E-state index contributed by atoms with van der Waals surface area (Å²) in [5.41, 5.74) is 1.56. The highest BCUT2D eigenvalue weighted by Crippen LogP contribution is 2.13. The van der Waals surface area contributed by atoms with Crippen LogP contribution in [-0.4, -0.2) is 66.9 Å². The van der Waals surface area contributed by atoms with E-state index in [1.807, 2.05) is 24.3 Å². The van der Waals surface area contributed by atoms with Crippen LogP contribution >= 0.6 is 0 Å². The molecule has 7 nitrogen and oxygen atoms in total. The maximum Gasteiger partial charge on any atom is 0.271 e. The molecule has 0 atom stereocenters. The van der Waals surface area contributed by atoms with Crippen molar-refractivity contribution in [3.8, 4) is 0 Å². The highest BCUT2D eigenvalue weighted by atomic mass is 16.5. The fourth-order valence-electron chi connectivity index (χ4n) is 3.02. The average Bonchev–Trinajstić information content (AvgIpc) is 2.73. The molecule has 1 N–H and O–H groups in total. The highest BCUT2D eigenvalue weighted by molar-refractivity contribution is 5.92. The fraction of sp³-hybridized carbons (Fsp3) is 0.450. The summed E-state index contributed by atoms with van der Waals surface area (Å²) >= 11 is 0. The summed E-state index contributed by atoms with van der Waals surface area (Å²) in [5.74, 6) is 0.583. The normalized spacial score (nSPS) is 14.7. The van der Waals surface area contributed by atoms with Crippen molar-refractivity contribution in [2.24, 2.45) is 0 Å². The van der Waals surface area contributed by atoms with Crippen molar-refractivity contribution < 1.29 is 9.53 Å². The summed E-state index contributed by atoms with van der Waals surface area (Å²) in [7, 11) is 0. The van der Waals surface area contributed by atoms with E-state index in [9.17, 15) is 4.79 Å². The molecule has 1 aromatic heterocycles. The first-order chi connectivity index (χ1) is 13.3. The maximum absolute atomic E-state index is 12.3. The van der Waals surface area contributed by atoms with Crippen LogP contribution in [0.3, 0.4) is 0 Å². The lowest BCUT2D eigenvalue weighted by molar-refractivity contribution is 0.0383. The van der Waals surface area contributed by atoms with Crippen molar-refractivity contribution in [3.63, 3.8) is 0 Å². The van der Waals surface area contributed by atoms with Crippen LogP contribution in [0.2, 0.25) is 0 Å². The second kappa shape index (κ2) is 9.99. The Hall–Kier alpha value is -2.51. The zero-order chi connectivity index (χ0) is 18.9. The molecular weight excluding hydrogens is 342 g/mol. The first-order valence-corrected chi connectivity index (χ1v) is 9.47. The number of ether oxygens (including phenoxy) is 1. The molecule has 1 aliphatic rings. The van der Waals surface area contributed by atoms with Gasteiger partial charge >= 0.3 is 0 Å². The van der Waals surface area contributed by atoms with Crippen LogP contribution in [-0.2, 0) is 11.3 Å². The number of benzene rings is 1. The largest absolute Gasteiger partial charge is 0.379 e. The molecule has 2 heterocycles. The molecule has 1 aromatic carbocycles. The molecule has 2 aromatic rings. The Balaban J connectivity index is 1.51. The zero-order valence-corrected chi connectivity index (χ0v) is 15.8. The quantitative estimate of drug-likeness (QED) is 0.762. The van der Waals surface area contributed by atoms with Crippen LogP contribution in [0.25, 0.3) is 0 Å². The van der Waals surface area contributed by atoms with Gasteiger partial charge in [0, 0.05) is 39.3 Å². The highest BCUT2D eigenvalue weighted by Gasteiger charge is 2.13. The Bertz CT molecular complexity index is 702. The van der Waals surface area contributed by atoms with E-state index in [-0.39, 0.29) is 5.91 Å². The lowest BCUT2D eigenvalue weighted by atomic mass is 10.2. The monoisotopic (exact) mass is 369 g/mol. The number of hydrogen-bond donors (Lipinski definition) is 1. The SMILES string of the molecule is CCN(Cc1ccccc1)c1ccc(C(=O)NCCN2CCOCC2)nn1. The van der Waals surface area contributed by atoms with E-state index in [4.69, 9.17) is 4.74 Å². The van der Waals surface area contributed by atoms with Crippen molar-refractivity contribution in [2.75, 3.05) is 50.8 Å². The lowest BCUT2D eigenvalue weighted by Gasteiger charge is -2.26. The number of nitrogens with one attached hydrogen (secondary N) is 1. The Morgan fingerprint density at radius 3 is 2.59 bits per heavy atom. The predicted molar refractivity (Wildman–Crippen MR) is 105 cm³/mol. The second-order valence-corrected chi connectivity index (χ2v) is 6.49. The molecule has 1 fully saturated rings. The van der Waals surface area contributed by atoms with Crippen LogP contribution < -0.4 is 10.2 Å². The third-order valence-corrected chi connectivity index (χ3v) is 4.62. The van der Waals surface area contributed by atoms with Crippen molar-refractivity contribution in [2.45, 2.75) is 13.5 Å². The van der Waals surface area contributed by atoms with E-state index in [2.05, 4.69) is 44.4 Å². The van der Waals surface area contributed by atoms with Crippen molar-refractivity contribution in [1.82, 2.24) is 20.4 Å². The van der Waals surface area contributed by atoms with Gasteiger partial charge in [0.1, 0.15) is 0 Å². The maximum atomic E-state index is 12.3. The summed E-state index contributed by atoms with van der Waals surface area (Å²) in [5, 5.41) is 11.3. The Labute approximate surface area is 160 Å². The standard InChI is InChI=1S/C20H27N5O2/c1-2-25(16-17-6-4-3-5-7-17)19-9-8-18(22-23-19)20(26)21-10-11-24-12-14-27-15-13-24/h3-9H,2,10-16H2,1H3,(H,21,26). The van der Waals surface area contributed by atoms with Gasteiger partial charge < -0.3 is 15.0 Å². The molecule has 1 aliphatic heterocycles. The van der Waals surface area contributed by atoms with E-state index < -0.39 is 0 Å². The molecule has 1 saturated heterocycles. The first-order valence-electron chi connectivity index (χ1n) is 9.47. The Morgan fingerprint density at radius 2 is 1.93 bits per heavy atom. The summed E-state index contributed by atoms with van der Waals surface area (Å²) in [4.78, 5) is 16.7. The van der Waals surface area contributed by atoms with Crippen molar-refractivity contribution in [3.05, 3.63) is 53.7 Å². The van der Waals surface area contributed by atoms with Crippen molar-refractivity contribution in [1.29, 1.82) is 0 Å². The molecule has 0 spiro atoms. The first kappa shape index (κ1) is 19.3. The number of rotatable bonds is 8. The number of morpholine rings is 1. The summed E-state index contributed by atoms with van der Waals surface area (Å²) < 4.78 is 5.32. The fourth-order valence-corrected chi connectivity index (χ4v) is 3.02. The number of hydrogen-bond acceptors (Lipinski definition) is 6. The van der Waals surface area contributed by atoms with Gasteiger partial charge in [-0.15, -0.1) is 10.2 Å². The van der Waals surface area contributed by atoms with Gasteiger partial charge in [0.25, 0.3) is 5.91 Å². The Kier molecular flexibility index (Phi) is 7.12. The molecule has 144 valence electrons. The van der Waals surface area contributed by atoms with E-state index in [0.29, 0.717) is 12.2 Å². The summed E-state index contributed by atoms with van der Waals surface area (Å²) in [6.45, 7) is 8.42. The van der Waals surface area contributed by atoms with Gasteiger partial charge in [-0.05, 0) is 24.6 Å². The minimum absolute atomic E-state index is 0.187. The van der Waals surface area contributed by atoms with E-state index in [1.165, 1.54) is 5.56 Å². The molecule has 27 heavy (non-hydrogen) atoms. The number of aromatic nitrogens is 2. The number of carbonyl (C=O) groups excluding carboxylic acids is 1. The predicted octanol–water partition coefficient (Wildman–Crippen LogP) is 1.57. The van der Waals surface area contributed by atoms with Gasteiger partial charge in [-0.2, -0.15) is 0 Å². The van der Waals surface area contributed by atoms with Gasteiger partial charge in [0.15, 0.2) is 11.5 Å². The number of amides is 1. The molecule has 0 saturated carbocycles. The Morgan fingerprint density at radius 1 is 1.15 bits per heavy atom. The van der Waals surface area contributed by atoms with Crippen LogP contribution in [0.4, 0.5) is 5.82 Å². The van der Waals surface area contributed by atoms with Crippen LogP contribution in [0.15, 0.2) is 42.5 Å². The number of nitrogens with zero attached hydrogens (tertiary/aromatic N) is 4. The molecule has 0 aliphatic carbocycles. The van der Waals surface area contributed by atoms with Gasteiger partial charge in [0.2, 0.25) is 0 Å². The molecule has 0 unspecified atom stereocenters. The van der Waals surface area contributed by atoms with Gasteiger partial charge in [-0.25, -0.2) is 0 Å². The third kappa shape index (κ3) is 5.74. The topological polar surface area (TPSA) is 70.6 Å². The zero-order valence-electron chi connectivity index (χ0n) is 15.8. The minimum Gasteiger partial charge on any atom is -0.379 e. The van der Waals surface area contributed by atoms with E-state index in [0.717, 1.165) is 51.8 Å². The molecular formula is C20H27N5O2. The molecule has 3 rings (SSSR count). The summed E-state index contributed by atoms with van der Waals surface area (Å²) in [6.07, 6.45) is 0. The second-order valence-electron chi connectivity index (χ2n) is 6.49. The molecule has 0 radical (unpaired) electrons. The van der Waals surface area contributed by atoms with E-state index in [1.54, 1.807) is 6.07 Å². The summed E-state index contributed by atoms with van der Waals surface area (Å²) in [6, 6.07) is 13.8. The van der Waals surface area contributed by atoms with Crippen LogP contribution in [0, 0.1) is 0 Å². The third-order valence-electron chi connectivity index (χ3n) is 4.62. The van der Waals surface area contributed by atoms with Crippen molar-refractivity contribution >= 4 is 11.7 Å². The number of anilines is 1. The van der Waals surface area contributed by atoms with Gasteiger partial charge in [0.05, 0.1) is 13.2 Å². The lowest BCUT2D eigenvalue weighted by Crippen LogP contribution is -2.41. The number of carbonyl (C=O) groups is 1. The molecule has 0 bridgehead atoms. The van der Waals surface area contributed by atoms with Gasteiger partial charge in [-0.3, -0.25) is 9.69 Å². The van der Waals surface area contributed by atoms with E-state index >= 15 is 0 Å². The average molecular weight is 369 g/mol.